The highest BCUT2D eigenvalue weighted by Gasteiger charge is 2.30. The van der Waals surface area contributed by atoms with Gasteiger partial charge in [0, 0.05) is 6.54 Å². The molecular formula is C14H21NO2. The minimum absolute atomic E-state index is 0.129. The molecule has 0 bridgehead atoms. The number of carbonyl (C=O) groups excluding carboxylic acids is 1. The summed E-state index contributed by atoms with van der Waals surface area (Å²) in [5.41, 5.74) is 0. The fourth-order valence-electron chi connectivity index (χ4n) is 2.81. The maximum absolute atomic E-state index is 10.9. The van der Waals surface area contributed by atoms with Gasteiger partial charge in [-0.2, -0.15) is 0 Å². The van der Waals surface area contributed by atoms with Gasteiger partial charge in [0.15, 0.2) is 0 Å². The van der Waals surface area contributed by atoms with E-state index in [4.69, 9.17) is 4.74 Å². The number of fused-ring (bicyclic) bond motifs is 1. The van der Waals surface area contributed by atoms with E-state index in [2.05, 4.69) is 24.0 Å². The molecule has 1 N–H and O–H groups in total. The molecule has 0 spiro atoms. The summed E-state index contributed by atoms with van der Waals surface area (Å²) in [4.78, 5) is 10.9. The Balaban J connectivity index is 1.62. The topological polar surface area (TPSA) is 38.3 Å². The Kier molecular flexibility index (Phi) is 4.37. The summed E-state index contributed by atoms with van der Waals surface area (Å²) < 4.78 is 5.80. The molecule has 0 aromatic heterocycles. The van der Waals surface area contributed by atoms with E-state index in [9.17, 15) is 4.79 Å². The van der Waals surface area contributed by atoms with Gasteiger partial charge in [-0.1, -0.05) is 18.7 Å². The zero-order valence-electron chi connectivity index (χ0n) is 10.2. The summed E-state index contributed by atoms with van der Waals surface area (Å²) in [6, 6.07) is 0. The molecule has 0 aliphatic heterocycles. The Labute approximate surface area is 103 Å². The van der Waals surface area contributed by atoms with Crippen LogP contribution in [0.4, 0.5) is 0 Å². The molecule has 3 heteroatoms. The van der Waals surface area contributed by atoms with Crippen molar-refractivity contribution in [3.63, 3.8) is 0 Å². The highest BCUT2D eigenvalue weighted by atomic mass is 16.5. The second kappa shape index (κ2) is 6.01. The largest absolute Gasteiger partial charge is 0.376 e. The lowest BCUT2D eigenvalue weighted by Gasteiger charge is -2.31. The number of nitrogens with one attached hydrogen (secondary N) is 1. The quantitative estimate of drug-likeness (QED) is 0.450. The minimum atomic E-state index is -0.129. The molecule has 2 rings (SSSR count). The van der Waals surface area contributed by atoms with Crippen LogP contribution in [-0.2, 0) is 9.53 Å². The molecule has 0 saturated heterocycles. The molecule has 0 aromatic carbocycles. The molecule has 1 amide bonds. The van der Waals surface area contributed by atoms with Gasteiger partial charge >= 0.3 is 0 Å². The lowest BCUT2D eigenvalue weighted by atomic mass is 9.80. The summed E-state index contributed by atoms with van der Waals surface area (Å²) in [7, 11) is 0. The van der Waals surface area contributed by atoms with Crippen molar-refractivity contribution in [2.45, 2.75) is 31.8 Å². The van der Waals surface area contributed by atoms with Crippen molar-refractivity contribution in [2.24, 2.45) is 11.8 Å². The molecule has 0 heterocycles. The predicted molar refractivity (Wildman–Crippen MR) is 67.5 cm³/mol. The highest BCUT2D eigenvalue weighted by molar-refractivity contribution is 5.86. The second-order valence-electron chi connectivity index (χ2n) is 4.89. The number of hydrogen-bond acceptors (Lipinski definition) is 2. The number of carbonyl (C=O) groups is 1. The summed E-state index contributed by atoms with van der Waals surface area (Å²) in [5.74, 6) is 1.47. The van der Waals surface area contributed by atoms with E-state index < -0.39 is 0 Å². The van der Waals surface area contributed by atoms with Crippen LogP contribution in [0.25, 0.3) is 0 Å². The third-order valence-electron chi connectivity index (χ3n) is 3.76. The van der Waals surface area contributed by atoms with Crippen molar-refractivity contribution < 1.29 is 9.53 Å². The first-order valence-electron chi connectivity index (χ1n) is 6.48. The maximum Gasteiger partial charge on any atom is 0.243 e. The van der Waals surface area contributed by atoms with Gasteiger partial charge < -0.3 is 10.1 Å². The third-order valence-corrected chi connectivity index (χ3v) is 3.76. The molecule has 3 atom stereocenters. The van der Waals surface area contributed by atoms with Crippen molar-refractivity contribution >= 4 is 5.91 Å². The number of ether oxygens (including phenoxy) is 1. The molecule has 2 aliphatic rings. The van der Waals surface area contributed by atoms with Gasteiger partial charge in [-0.15, -0.1) is 0 Å². The average Bonchev–Trinajstić information content (AvgIpc) is 2.81. The lowest BCUT2D eigenvalue weighted by molar-refractivity contribution is -0.116. The van der Waals surface area contributed by atoms with E-state index >= 15 is 0 Å². The summed E-state index contributed by atoms with van der Waals surface area (Å²) in [6.45, 7) is 4.58. The number of amides is 1. The van der Waals surface area contributed by atoms with Crippen molar-refractivity contribution in [1.82, 2.24) is 5.32 Å². The smallest absolute Gasteiger partial charge is 0.243 e. The zero-order valence-corrected chi connectivity index (χ0v) is 10.2. The van der Waals surface area contributed by atoms with Crippen LogP contribution in [0, 0.1) is 11.8 Å². The average molecular weight is 235 g/mol. The summed E-state index contributed by atoms with van der Waals surface area (Å²) >= 11 is 0. The van der Waals surface area contributed by atoms with Crippen LogP contribution in [0.1, 0.15) is 25.7 Å². The summed E-state index contributed by atoms with van der Waals surface area (Å²) in [6.07, 6.45) is 11.2. The van der Waals surface area contributed by atoms with E-state index in [1.165, 1.54) is 18.9 Å². The third kappa shape index (κ3) is 3.43. The molecule has 94 valence electrons. The van der Waals surface area contributed by atoms with E-state index in [1.54, 1.807) is 0 Å². The molecule has 17 heavy (non-hydrogen) atoms. The van der Waals surface area contributed by atoms with Crippen molar-refractivity contribution in [1.29, 1.82) is 0 Å². The van der Waals surface area contributed by atoms with Crippen LogP contribution in [0.3, 0.4) is 0 Å². The number of hydrogen-bond donors (Lipinski definition) is 1. The first kappa shape index (κ1) is 12.4. The summed E-state index contributed by atoms with van der Waals surface area (Å²) in [5, 5.41) is 2.72. The fraction of sp³-hybridized carbons (Fsp3) is 0.643. The van der Waals surface area contributed by atoms with Crippen LogP contribution in [0.15, 0.2) is 24.8 Å². The lowest BCUT2D eigenvalue weighted by Crippen LogP contribution is -2.31. The minimum Gasteiger partial charge on any atom is -0.376 e. The second-order valence-corrected chi connectivity index (χ2v) is 4.89. The molecular weight excluding hydrogens is 214 g/mol. The standard InChI is InChI=1S/C14H21NO2/c1-2-14(16)15-8-9-17-13-7-6-11-4-3-5-12(11)10-13/h2-3,5,11-13H,1,4,6-10H2,(H,15,16). The molecule has 1 saturated carbocycles. The molecule has 1 fully saturated rings. The van der Waals surface area contributed by atoms with E-state index in [-0.39, 0.29) is 5.91 Å². The highest BCUT2D eigenvalue weighted by Crippen LogP contribution is 2.38. The van der Waals surface area contributed by atoms with E-state index in [0.29, 0.717) is 19.3 Å². The number of allylic oxidation sites excluding steroid dienone is 2. The SMILES string of the molecule is C=CC(=O)NCCOC1CCC2CC=CC2C1. The van der Waals surface area contributed by atoms with Gasteiger partial charge in [-0.3, -0.25) is 4.79 Å². The normalized spacial score (nSPS) is 30.9. The van der Waals surface area contributed by atoms with Gasteiger partial charge in [0.2, 0.25) is 5.91 Å². The van der Waals surface area contributed by atoms with Crippen LogP contribution < -0.4 is 5.32 Å². The molecule has 2 aliphatic carbocycles. The van der Waals surface area contributed by atoms with Crippen molar-refractivity contribution in [3.8, 4) is 0 Å². The molecule has 0 aromatic rings. The van der Waals surface area contributed by atoms with E-state index in [1.807, 2.05) is 0 Å². The van der Waals surface area contributed by atoms with Crippen LogP contribution >= 0.6 is 0 Å². The van der Waals surface area contributed by atoms with Crippen molar-refractivity contribution in [2.75, 3.05) is 13.2 Å². The monoisotopic (exact) mass is 235 g/mol. The first-order valence-corrected chi connectivity index (χ1v) is 6.48. The Morgan fingerprint density at radius 3 is 3.24 bits per heavy atom. The first-order chi connectivity index (χ1) is 8.29. The molecule has 3 unspecified atom stereocenters. The van der Waals surface area contributed by atoms with E-state index in [0.717, 1.165) is 24.7 Å². The van der Waals surface area contributed by atoms with Crippen LogP contribution in [-0.4, -0.2) is 25.2 Å². The Morgan fingerprint density at radius 2 is 2.41 bits per heavy atom. The Bertz CT molecular complexity index is 311. The predicted octanol–water partition coefficient (Wildman–Crippen LogP) is 2.05. The maximum atomic E-state index is 10.9. The molecule has 0 radical (unpaired) electrons. The van der Waals surface area contributed by atoms with Gasteiger partial charge in [-0.05, 0) is 43.6 Å². The van der Waals surface area contributed by atoms with Crippen molar-refractivity contribution in [3.05, 3.63) is 24.8 Å². The van der Waals surface area contributed by atoms with Gasteiger partial charge in [0.25, 0.3) is 0 Å². The van der Waals surface area contributed by atoms with Gasteiger partial charge in [-0.25, -0.2) is 0 Å². The zero-order chi connectivity index (χ0) is 12.1. The van der Waals surface area contributed by atoms with Gasteiger partial charge in [0.05, 0.1) is 12.7 Å². The Morgan fingerprint density at radius 1 is 1.53 bits per heavy atom. The van der Waals surface area contributed by atoms with Crippen LogP contribution in [0.5, 0.6) is 0 Å². The van der Waals surface area contributed by atoms with Crippen LogP contribution in [0.2, 0.25) is 0 Å². The Hall–Kier alpha value is -1.09. The van der Waals surface area contributed by atoms with Gasteiger partial charge in [0.1, 0.15) is 0 Å². The fourth-order valence-corrected chi connectivity index (χ4v) is 2.81. The molecule has 3 nitrogen and oxygen atoms in total. The number of rotatable bonds is 5.